The van der Waals surface area contributed by atoms with Gasteiger partial charge in [0.15, 0.2) is 0 Å². The molecule has 178 valence electrons. The van der Waals surface area contributed by atoms with Gasteiger partial charge in [0.25, 0.3) is 11.4 Å². The number of hydrogen-bond donors (Lipinski definition) is 0. The van der Waals surface area contributed by atoms with Crippen molar-refractivity contribution >= 4 is 23.3 Å². The Kier molecular flexibility index (Phi) is 6.78. The van der Waals surface area contributed by atoms with Crippen LogP contribution in [0.3, 0.4) is 0 Å². The maximum atomic E-state index is 12.4. The van der Waals surface area contributed by atoms with E-state index in [1.165, 1.54) is 48.5 Å². The second kappa shape index (κ2) is 10.3. The second-order valence-corrected chi connectivity index (χ2v) is 7.44. The molecule has 0 atom stereocenters. The predicted molar refractivity (Wildman–Crippen MR) is 128 cm³/mol. The van der Waals surface area contributed by atoms with Gasteiger partial charge in [-0.25, -0.2) is 9.59 Å². The van der Waals surface area contributed by atoms with Crippen molar-refractivity contribution in [3.8, 4) is 22.6 Å². The zero-order valence-electron chi connectivity index (χ0n) is 18.4. The lowest BCUT2D eigenvalue weighted by Crippen LogP contribution is -2.08. The highest BCUT2D eigenvalue weighted by Crippen LogP contribution is 2.23. The lowest BCUT2D eigenvalue weighted by molar-refractivity contribution is -0.385. The molecule has 0 saturated heterocycles. The highest BCUT2D eigenvalue weighted by molar-refractivity contribution is 5.93. The molecule has 0 fully saturated rings. The van der Waals surface area contributed by atoms with Gasteiger partial charge in [-0.1, -0.05) is 24.3 Å². The SMILES string of the molecule is O=C(Oc1ccc([N+](=O)[O-])cc1)c1ccc(-c2ccc(C(=O)Oc3ccc([N+](=O)[O-])cc3)cc2)cc1. The Morgan fingerprint density at radius 2 is 0.806 bits per heavy atom. The number of carbonyl (C=O) groups excluding carboxylic acids is 2. The summed E-state index contributed by atoms with van der Waals surface area (Å²) >= 11 is 0. The van der Waals surface area contributed by atoms with Gasteiger partial charge in [-0.05, 0) is 59.7 Å². The Morgan fingerprint density at radius 3 is 1.08 bits per heavy atom. The predicted octanol–water partition coefficient (Wildman–Crippen LogP) is 5.61. The Morgan fingerprint density at radius 1 is 0.500 bits per heavy atom. The van der Waals surface area contributed by atoms with Crippen LogP contribution in [-0.4, -0.2) is 21.8 Å². The summed E-state index contributed by atoms with van der Waals surface area (Å²) in [5.74, 6) is -0.851. The van der Waals surface area contributed by atoms with E-state index in [1.807, 2.05) is 0 Å². The third-order valence-electron chi connectivity index (χ3n) is 5.09. The number of ether oxygens (including phenoxy) is 2. The van der Waals surface area contributed by atoms with E-state index in [0.717, 1.165) is 11.1 Å². The summed E-state index contributed by atoms with van der Waals surface area (Å²) in [6.45, 7) is 0. The van der Waals surface area contributed by atoms with Crippen LogP contribution in [0.1, 0.15) is 20.7 Å². The molecule has 10 nitrogen and oxygen atoms in total. The van der Waals surface area contributed by atoms with Gasteiger partial charge in [-0.2, -0.15) is 0 Å². The highest BCUT2D eigenvalue weighted by Gasteiger charge is 2.13. The number of rotatable bonds is 7. The zero-order valence-corrected chi connectivity index (χ0v) is 18.4. The molecule has 0 aromatic heterocycles. The first-order valence-corrected chi connectivity index (χ1v) is 10.4. The number of carbonyl (C=O) groups is 2. The first kappa shape index (κ1) is 23.8. The van der Waals surface area contributed by atoms with Crippen molar-refractivity contribution in [3.05, 3.63) is 128 Å². The summed E-state index contributed by atoms with van der Waals surface area (Å²) < 4.78 is 10.5. The van der Waals surface area contributed by atoms with Crippen molar-refractivity contribution < 1.29 is 28.9 Å². The summed E-state index contributed by atoms with van der Waals surface area (Å²) in [6, 6.07) is 23.6. The molecule has 0 saturated carbocycles. The summed E-state index contributed by atoms with van der Waals surface area (Å²) in [5, 5.41) is 21.4. The molecule has 0 N–H and O–H groups in total. The Hall–Kier alpha value is -5.38. The van der Waals surface area contributed by atoms with Crippen LogP contribution in [0.25, 0.3) is 11.1 Å². The molecule has 4 aromatic carbocycles. The smallest absolute Gasteiger partial charge is 0.343 e. The number of nitro benzene ring substituents is 2. The molecule has 0 aliphatic carbocycles. The Labute approximate surface area is 203 Å². The molecule has 0 bridgehead atoms. The van der Waals surface area contributed by atoms with E-state index < -0.39 is 21.8 Å². The summed E-state index contributed by atoms with van der Waals surface area (Å²) in [7, 11) is 0. The van der Waals surface area contributed by atoms with Gasteiger partial charge >= 0.3 is 11.9 Å². The van der Waals surface area contributed by atoms with Crippen LogP contribution in [0.4, 0.5) is 11.4 Å². The van der Waals surface area contributed by atoms with E-state index >= 15 is 0 Å². The van der Waals surface area contributed by atoms with E-state index in [1.54, 1.807) is 48.5 Å². The first-order chi connectivity index (χ1) is 17.3. The van der Waals surface area contributed by atoms with E-state index in [2.05, 4.69) is 0 Å². The molecule has 0 amide bonds. The topological polar surface area (TPSA) is 139 Å². The van der Waals surface area contributed by atoms with Gasteiger partial charge in [-0.3, -0.25) is 20.2 Å². The highest BCUT2D eigenvalue weighted by atomic mass is 16.6. The number of esters is 2. The number of nitro groups is 2. The Bertz CT molecular complexity index is 1320. The van der Waals surface area contributed by atoms with Crippen molar-refractivity contribution in [2.45, 2.75) is 0 Å². The van der Waals surface area contributed by atoms with E-state index in [0.29, 0.717) is 11.1 Å². The molecule has 10 heteroatoms. The fourth-order valence-corrected chi connectivity index (χ4v) is 3.20. The van der Waals surface area contributed by atoms with E-state index in [-0.39, 0.29) is 22.9 Å². The third kappa shape index (κ3) is 5.57. The van der Waals surface area contributed by atoms with Gasteiger partial charge in [0, 0.05) is 24.3 Å². The number of non-ortho nitro benzene ring substituents is 2. The maximum absolute atomic E-state index is 12.4. The molecular formula is C26H16N2O8. The minimum absolute atomic E-state index is 0.107. The molecular weight excluding hydrogens is 468 g/mol. The van der Waals surface area contributed by atoms with Crippen molar-refractivity contribution in [2.75, 3.05) is 0 Å². The standard InChI is InChI=1S/C26H16N2O8/c29-25(35-23-13-9-21(10-14-23)27(31)32)19-5-1-17(2-6-19)18-3-7-20(8-4-18)26(30)36-24-15-11-22(12-16-24)28(33)34/h1-16H. The molecule has 0 spiro atoms. The average Bonchev–Trinajstić information content (AvgIpc) is 2.89. The molecule has 0 unspecified atom stereocenters. The van der Waals surface area contributed by atoms with Crippen molar-refractivity contribution in [3.63, 3.8) is 0 Å². The second-order valence-electron chi connectivity index (χ2n) is 7.44. The van der Waals surface area contributed by atoms with Crippen molar-refractivity contribution in [2.24, 2.45) is 0 Å². The molecule has 0 heterocycles. The van der Waals surface area contributed by atoms with E-state index in [4.69, 9.17) is 9.47 Å². The van der Waals surface area contributed by atoms with Gasteiger partial charge < -0.3 is 9.47 Å². The molecule has 4 rings (SSSR count). The largest absolute Gasteiger partial charge is 0.423 e. The zero-order chi connectivity index (χ0) is 25.7. The third-order valence-corrected chi connectivity index (χ3v) is 5.09. The van der Waals surface area contributed by atoms with Crippen LogP contribution in [0.15, 0.2) is 97.1 Å². The molecule has 36 heavy (non-hydrogen) atoms. The van der Waals surface area contributed by atoms with Gasteiger partial charge in [0.1, 0.15) is 11.5 Å². The summed E-state index contributed by atoms with van der Waals surface area (Å²) in [6.07, 6.45) is 0. The normalized spacial score (nSPS) is 10.3. The lowest BCUT2D eigenvalue weighted by Gasteiger charge is -2.07. The maximum Gasteiger partial charge on any atom is 0.343 e. The summed E-state index contributed by atoms with van der Waals surface area (Å²) in [4.78, 5) is 45.1. The van der Waals surface area contributed by atoms with E-state index in [9.17, 15) is 29.8 Å². The first-order valence-electron chi connectivity index (χ1n) is 10.4. The molecule has 0 radical (unpaired) electrons. The quantitative estimate of drug-likeness (QED) is 0.143. The molecule has 0 aliphatic heterocycles. The minimum Gasteiger partial charge on any atom is -0.423 e. The van der Waals surface area contributed by atoms with Crippen molar-refractivity contribution in [1.82, 2.24) is 0 Å². The fourth-order valence-electron chi connectivity index (χ4n) is 3.20. The lowest BCUT2D eigenvalue weighted by atomic mass is 10.0. The molecule has 0 aliphatic rings. The Balaban J connectivity index is 1.38. The minimum atomic E-state index is -0.611. The van der Waals surface area contributed by atoms with Crippen LogP contribution in [0.5, 0.6) is 11.5 Å². The van der Waals surface area contributed by atoms with Crippen LogP contribution < -0.4 is 9.47 Å². The van der Waals surface area contributed by atoms with Crippen LogP contribution in [0.2, 0.25) is 0 Å². The van der Waals surface area contributed by atoms with Gasteiger partial charge in [-0.15, -0.1) is 0 Å². The van der Waals surface area contributed by atoms with Crippen LogP contribution in [0, 0.1) is 20.2 Å². The number of benzene rings is 4. The number of nitrogens with zero attached hydrogens (tertiary/aromatic N) is 2. The average molecular weight is 484 g/mol. The molecule has 4 aromatic rings. The number of hydrogen-bond acceptors (Lipinski definition) is 8. The van der Waals surface area contributed by atoms with Crippen LogP contribution in [-0.2, 0) is 0 Å². The van der Waals surface area contributed by atoms with Gasteiger partial charge in [0.2, 0.25) is 0 Å². The van der Waals surface area contributed by atoms with Gasteiger partial charge in [0.05, 0.1) is 21.0 Å². The summed E-state index contributed by atoms with van der Waals surface area (Å²) in [5.41, 5.74) is 1.95. The fraction of sp³-hybridized carbons (Fsp3) is 0. The van der Waals surface area contributed by atoms with Crippen LogP contribution >= 0.6 is 0 Å². The van der Waals surface area contributed by atoms with Crippen molar-refractivity contribution in [1.29, 1.82) is 0 Å². The monoisotopic (exact) mass is 484 g/mol.